The van der Waals surface area contributed by atoms with Gasteiger partial charge in [-0.25, -0.2) is 13.2 Å². The summed E-state index contributed by atoms with van der Waals surface area (Å²) in [5, 5.41) is 0.444. The smallest absolute Gasteiger partial charge is 0.744 e. The van der Waals surface area contributed by atoms with Crippen molar-refractivity contribution in [3.8, 4) is 0 Å². The molecule has 114 valence electrons. The second-order valence-electron chi connectivity index (χ2n) is 4.65. The van der Waals surface area contributed by atoms with E-state index in [0.29, 0.717) is 5.39 Å². The van der Waals surface area contributed by atoms with Crippen LogP contribution in [0.2, 0.25) is 0 Å². The minimum atomic E-state index is -4.86. The van der Waals surface area contributed by atoms with E-state index in [9.17, 15) is 17.8 Å². The van der Waals surface area contributed by atoms with Gasteiger partial charge in [-0.2, -0.15) is 0 Å². The Morgan fingerprint density at radius 3 is 2.32 bits per heavy atom. The van der Waals surface area contributed by atoms with Crippen molar-refractivity contribution < 1.29 is 46.9 Å². The Bertz CT molecular complexity index is 840. The maximum absolute atomic E-state index is 11.8. The molecule has 0 saturated carbocycles. The van der Waals surface area contributed by atoms with Gasteiger partial charge in [-0.3, -0.25) is 0 Å². The van der Waals surface area contributed by atoms with Gasteiger partial charge in [-0.15, -0.1) is 0 Å². The van der Waals surface area contributed by atoms with Crippen LogP contribution in [-0.4, -0.2) is 26.1 Å². The van der Waals surface area contributed by atoms with Crippen LogP contribution in [0.5, 0.6) is 0 Å². The minimum Gasteiger partial charge on any atom is -0.744 e. The zero-order valence-electron chi connectivity index (χ0n) is 13.0. The fraction of sp³-hybridized carbons (Fsp3) is 0.357. The van der Waals surface area contributed by atoms with Crippen molar-refractivity contribution in [1.82, 2.24) is 0 Å². The third kappa shape index (κ3) is 3.55. The normalized spacial score (nSPS) is 11.3. The first-order chi connectivity index (χ1) is 9.79. The molecule has 0 amide bonds. The molecule has 0 atom stereocenters. The van der Waals surface area contributed by atoms with Crippen LogP contribution in [-0.2, 0) is 10.1 Å². The minimum absolute atomic E-state index is 0. The van der Waals surface area contributed by atoms with E-state index in [0.717, 1.165) is 18.8 Å². The summed E-state index contributed by atoms with van der Waals surface area (Å²) >= 11 is 0. The SMILES string of the molecule is CCN(CC)c1ccc2c(C)c(S(=O)(=O)[O-])c(=O)oc2c1.[Na+]. The number of rotatable bonds is 4. The average Bonchev–Trinajstić information content (AvgIpc) is 2.38. The molecule has 1 heterocycles. The van der Waals surface area contributed by atoms with E-state index in [1.165, 1.54) is 6.92 Å². The number of aryl methyl sites for hydroxylation is 1. The van der Waals surface area contributed by atoms with Crippen molar-refractivity contribution in [2.24, 2.45) is 0 Å². The summed E-state index contributed by atoms with van der Waals surface area (Å²) in [6.07, 6.45) is 0. The Balaban J connectivity index is 0.00000242. The summed E-state index contributed by atoms with van der Waals surface area (Å²) in [6.45, 7) is 7.02. The Labute approximate surface area is 151 Å². The maximum Gasteiger partial charge on any atom is 1.00 e. The monoisotopic (exact) mass is 333 g/mol. The molecule has 0 unspecified atom stereocenters. The van der Waals surface area contributed by atoms with Gasteiger partial charge in [0.1, 0.15) is 20.6 Å². The third-order valence-electron chi connectivity index (χ3n) is 3.48. The molecular formula is C14H16NNaO5S. The summed E-state index contributed by atoms with van der Waals surface area (Å²) in [5.74, 6) is 0. The van der Waals surface area contributed by atoms with Gasteiger partial charge in [0.25, 0.3) is 0 Å². The predicted molar refractivity (Wildman–Crippen MR) is 78.7 cm³/mol. The standard InChI is InChI=1S/C14H17NO5S.Na/c1-4-15(5-2)10-6-7-11-9(3)13(21(17,18)19)14(16)20-12(11)8-10;/h6-8H,4-5H2,1-3H3,(H,17,18,19);/q;+1/p-1. The van der Waals surface area contributed by atoms with Gasteiger partial charge < -0.3 is 13.9 Å². The molecule has 22 heavy (non-hydrogen) atoms. The summed E-state index contributed by atoms with van der Waals surface area (Å²) in [6, 6.07) is 5.15. The molecule has 2 aromatic rings. The summed E-state index contributed by atoms with van der Waals surface area (Å²) < 4.78 is 38.5. The van der Waals surface area contributed by atoms with Crippen molar-refractivity contribution in [3.05, 3.63) is 34.2 Å². The second kappa shape index (κ2) is 7.14. The van der Waals surface area contributed by atoms with Crippen LogP contribution in [0.15, 0.2) is 32.3 Å². The van der Waals surface area contributed by atoms with Crippen LogP contribution in [0.1, 0.15) is 19.4 Å². The van der Waals surface area contributed by atoms with E-state index in [1.807, 2.05) is 19.9 Å². The van der Waals surface area contributed by atoms with Crippen LogP contribution >= 0.6 is 0 Å². The zero-order valence-corrected chi connectivity index (χ0v) is 15.9. The number of hydrogen-bond donors (Lipinski definition) is 0. The maximum atomic E-state index is 11.8. The van der Waals surface area contributed by atoms with Gasteiger partial charge in [-0.05, 0) is 38.5 Å². The molecule has 8 heteroatoms. The zero-order chi connectivity index (χ0) is 15.8. The molecule has 0 aliphatic heterocycles. The van der Waals surface area contributed by atoms with Gasteiger partial charge in [0.15, 0.2) is 0 Å². The first-order valence-corrected chi connectivity index (χ1v) is 7.98. The van der Waals surface area contributed by atoms with Gasteiger partial charge in [-0.1, -0.05) is 0 Å². The molecule has 0 N–H and O–H groups in total. The van der Waals surface area contributed by atoms with E-state index in [2.05, 4.69) is 4.90 Å². The van der Waals surface area contributed by atoms with Crippen molar-refractivity contribution >= 4 is 26.8 Å². The van der Waals surface area contributed by atoms with Gasteiger partial charge in [0.2, 0.25) is 0 Å². The Morgan fingerprint density at radius 2 is 1.82 bits per heavy atom. The topological polar surface area (TPSA) is 90.6 Å². The van der Waals surface area contributed by atoms with E-state index >= 15 is 0 Å². The quantitative estimate of drug-likeness (QED) is 0.399. The first kappa shape index (κ1) is 19.2. The number of fused-ring (bicyclic) bond motifs is 1. The predicted octanol–water partition coefficient (Wildman–Crippen LogP) is -1.14. The number of benzene rings is 1. The Morgan fingerprint density at radius 1 is 1.23 bits per heavy atom. The molecule has 2 rings (SSSR count). The van der Waals surface area contributed by atoms with Crippen molar-refractivity contribution in [2.45, 2.75) is 25.7 Å². The van der Waals surface area contributed by atoms with E-state index in [4.69, 9.17) is 4.42 Å². The molecule has 0 fully saturated rings. The Kier molecular flexibility index (Phi) is 6.23. The first-order valence-electron chi connectivity index (χ1n) is 6.57. The molecule has 1 aromatic carbocycles. The van der Waals surface area contributed by atoms with Crippen LogP contribution in [0.4, 0.5) is 5.69 Å². The largest absolute Gasteiger partial charge is 1.00 e. The molecule has 0 aliphatic rings. The van der Waals surface area contributed by atoms with E-state index in [-0.39, 0.29) is 40.7 Å². The molecule has 0 spiro atoms. The van der Waals surface area contributed by atoms with Gasteiger partial charge >= 0.3 is 35.2 Å². The van der Waals surface area contributed by atoms with E-state index in [1.54, 1.807) is 12.1 Å². The van der Waals surface area contributed by atoms with Crippen LogP contribution in [0.3, 0.4) is 0 Å². The summed E-state index contributed by atoms with van der Waals surface area (Å²) in [5.41, 5.74) is 0.149. The van der Waals surface area contributed by atoms with Crippen LogP contribution in [0.25, 0.3) is 11.0 Å². The molecule has 6 nitrogen and oxygen atoms in total. The van der Waals surface area contributed by atoms with Gasteiger partial charge in [0, 0.05) is 30.2 Å². The molecule has 0 radical (unpaired) electrons. The number of anilines is 1. The van der Waals surface area contributed by atoms with Crippen LogP contribution in [0, 0.1) is 6.92 Å². The van der Waals surface area contributed by atoms with Crippen LogP contribution < -0.4 is 40.1 Å². The molecule has 0 aliphatic carbocycles. The molecule has 0 bridgehead atoms. The fourth-order valence-electron chi connectivity index (χ4n) is 2.40. The molecule has 1 aromatic heterocycles. The average molecular weight is 333 g/mol. The Hall–Kier alpha value is -0.860. The fourth-order valence-corrected chi connectivity index (χ4v) is 3.13. The van der Waals surface area contributed by atoms with E-state index < -0.39 is 20.6 Å². The van der Waals surface area contributed by atoms with Crippen molar-refractivity contribution in [2.75, 3.05) is 18.0 Å². The molecular weight excluding hydrogens is 317 g/mol. The van der Waals surface area contributed by atoms with Crippen molar-refractivity contribution in [3.63, 3.8) is 0 Å². The molecule has 0 saturated heterocycles. The van der Waals surface area contributed by atoms with Gasteiger partial charge in [0.05, 0.1) is 0 Å². The summed E-state index contributed by atoms with van der Waals surface area (Å²) in [4.78, 5) is 13.0. The second-order valence-corrected chi connectivity index (χ2v) is 5.97. The summed E-state index contributed by atoms with van der Waals surface area (Å²) in [7, 11) is -4.86. The number of nitrogens with zero attached hydrogens (tertiary/aromatic N) is 1. The third-order valence-corrected chi connectivity index (χ3v) is 4.45. The number of hydrogen-bond acceptors (Lipinski definition) is 6. The van der Waals surface area contributed by atoms with Crippen molar-refractivity contribution in [1.29, 1.82) is 0 Å².